The van der Waals surface area contributed by atoms with Crippen LogP contribution in [0.3, 0.4) is 0 Å². The van der Waals surface area contributed by atoms with Gasteiger partial charge in [-0.25, -0.2) is 8.42 Å². The van der Waals surface area contributed by atoms with E-state index >= 15 is 0 Å². The van der Waals surface area contributed by atoms with Gasteiger partial charge in [0.1, 0.15) is 0 Å². The third-order valence-corrected chi connectivity index (χ3v) is 8.33. The van der Waals surface area contributed by atoms with Gasteiger partial charge in [-0.05, 0) is 31.6 Å². The molecule has 0 aliphatic carbocycles. The molecule has 2 heterocycles. The first-order chi connectivity index (χ1) is 11.3. The van der Waals surface area contributed by atoms with E-state index in [1.807, 2.05) is 0 Å². The van der Waals surface area contributed by atoms with Gasteiger partial charge in [0.05, 0.1) is 11.5 Å². The van der Waals surface area contributed by atoms with E-state index in [-0.39, 0.29) is 29.9 Å². The Bertz CT molecular complexity index is 540. The fraction of sp³-hybridized carbons (Fsp3) is 0.941. The molecule has 8 heteroatoms. The van der Waals surface area contributed by atoms with Gasteiger partial charge in [0.15, 0.2) is 15.8 Å². The van der Waals surface area contributed by atoms with Gasteiger partial charge < -0.3 is 10.2 Å². The largest absolute Gasteiger partial charge is 0.354 e. The van der Waals surface area contributed by atoms with E-state index in [2.05, 4.69) is 49.7 Å². The van der Waals surface area contributed by atoms with Crippen LogP contribution in [0.1, 0.15) is 40.5 Å². The Balaban J connectivity index is 0.00000312. The molecule has 0 saturated carbocycles. The predicted molar refractivity (Wildman–Crippen MR) is 120 cm³/mol. The Morgan fingerprint density at radius 3 is 2.64 bits per heavy atom. The van der Waals surface area contributed by atoms with Crippen LogP contribution in [0.5, 0.6) is 0 Å². The van der Waals surface area contributed by atoms with E-state index < -0.39 is 9.84 Å². The lowest BCUT2D eigenvalue weighted by molar-refractivity contribution is 0.373. The van der Waals surface area contributed by atoms with Crippen molar-refractivity contribution in [3.8, 4) is 0 Å². The van der Waals surface area contributed by atoms with Gasteiger partial charge in [0.2, 0.25) is 0 Å². The molecule has 2 aliphatic heterocycles. The summed E-state index contributed by atoms with van der Waals surface area (Å²) >= 11 is 2.06. The van der Waals surface area contributed by atoms with Gasteiger partial charge >= 0.3 is 0 Å². The Morgan fingerprint density at radius 2 is 2.08 bits per heavy atom. The lowest BCUT2D eigenvalue weighted by atomic mass is 10.1. The van der Waals surface area contributed by atoms with Gasteiger partial charge in [-0.3, -0.25) is 4.99 Å². The third kappa shape index (κ3) is 7.44. The molecule has 0 bridgehead atoms. The second-order valence-electron chi connectivity index (χ2n) is 7.49. The van der Waals surface area contributed by atoms with E-state index in [1.54, 1.807) is 0 Å². The van der Waals surface area contributed by atoms with E-state index in [0.29, 0.717) is 35.3 Å². The topological polar surface area (TPSA) is 61.8 Å². The predicted octanol–water partition coefficient (Wildman–Crippen LogP) is 2.86. The molecule has 2 fully saturated rings. The summed E-state index contributed by atoms with van der Waals surface area (Å²) in [6.07, 6.45) is 1.81. The highest BCUT2D eigenvalue weighted by atomic mass is 127. The van der Waals surface area contributed by atoms with Crippen LogP contribution in [0.2, 0.25) is 0 Å². The van der Waals surface area contributed by atoms with Crippen molar-refractivity contribution in [2.24, 2.45) is 16.8 Å². The molecule has 2 rings (SSSR count). The molecular formula is C17H34IN3O2S2. The highest BCUT2D eigenvalue weighted by Gasteiger charge is 2.29. The number of hydrogen-bond donors (Lipinski definition) is 1. The fourth-order valence-corrected chi connectivity index (χ4v) is 6.21. The Labute approximate surface area is 175 Å². The molecule has 0 amide bonds. The second-order valence-corrected chi connectivity index (χ2v) is 11.1. The number of guanidine groups is 1. The fourth-order valence-electron chi connectivity index (χ4n) is 3.06. The zero-order chi connectivity index (χ0) is 17.7. The highest BCUT2D eigenvalue weighted by molar-refractivity contribution is 14.0. The highest BCUT2D eigenvalue weighted by Crippen LogP contribution is 2.25. The molecule has 3 atom stereocenters. The van der Waals surface area contributed by atoms with Crippen molar-refractivity contribution < 1.29 is 8.42 Å². The molecule has 25 heavy (non-hydrogen) atoms. The number of sulfone groups is 1. The molecule has 0 spiro atoms. The maximum absolute atomic E-state index is 11.7. The van der Waals surface area contributed by atoms with Crippen LogP contribution in [0.25, 0.3) is 0 Å². The van der Waals surface area contributed by atoms with E-state index in [4.69, 9.17) is 4.99 Å². The number of thioether (sulfide) groups is 1. The molecule has 1 N–H and O–H groups in total. The number of nitrogens with one attached hydrogen (secondary N) is 1. The Morgan fingerprint density at radius 1 is 1.36 bits per heavy atom. The molecular weight excluding hydrogens is 469 g/mol. The summed E-state index contributed by atoms with van der Waals surface area (Å²) < 4.78 is 23.3. The lowest BCUT2D eigenvalue weighted by Gasteiger charge is -2.37. The van der Waals surface area contributed by atoms with E-state index in [9.17, 15) is 8.42 Å². The van der Waals surface area contributed by atoms with Crippen LogP contribution in [0.4, 0.5) is 0 Å². The smallest absolute Gasteiger partial charge is 0.194 e. The summed E-state index contributed by atoms with van der Waals surface area (Å²) in [6.45, 7) is 11.6. The summed E-state index contributed by atoms with van der Waals surface area (Å²) in [5.74, 6) is 3.57. The third-order valence-electron chi connectivity index (χ3n) is 4.95. The zero-order valence-corrected chi connectivity index (χ0v) is 19.9. The number of nitrogens with zero attached hydrogens (tertiary/aromatic N) is 2. The summed E-state index contributed by atoms with van der Waals surface area (Å²) in [7, 11) is -2.82. The van der Waals surface area contributed by atoms with E-state index in [0.717, 1.165) is 37.6 Å². The average molecular weight is 504 g/mol. The zero-order valence-electron chi connectivity index (χ0n) is 15.9. The molecule has 0 aromatic heterocycles. The average Bonchev–Trinajstić information content (AvgIpc) is 2.90. The van der Waals surface area contributed by atoms with Crippen molar-refractivity contribution in [1.29, 1.82) is 0 Å². The van der Waals surface area contributed by atoms with Crippen LogP contribution in [-0.4, -0.2) is 67.5 Å². The molecule has 0 aromatic carbocycles. The van der Waals surface area contributed by atoms with Crippen LogP contribution < -0.4 is 5.32 Å². The number of rotatable bonds is 5. The van der Waals surface area contributed by atoms with Crippen molar-refractivity contribution in [2.75, 3.05) is 36.9 Å². The van der Waals surface area contributed by atoms with Gasteiger partial charge in [0, 0.05) is 36.7 Å². The monoisotopic (exact) mass is 503 g/mol. The Hall–Kier alpha value is 0.300. The molecule has 0 radical (unpaired) electrons. The van der Waals surface area contributed by atoms with Crippen LogP contribution >= 0.6 is 35.7 Å². The number of aliphatic imine (C=N–C) groups is 1. The number of hydrogen-bond acceptors (Lipinski definition) is 4. The molecule has 0 aromatic rings. The summed E-state index contributed by atoms with van der Waals surface area (Å²) in [4.78, 5) is 7.21. The van der Waals surface area contributed by atoms with Crippen molar-refractivity contribution in [2.45, 2.75) is 51.8 Å². The normalized spacial score (nSPS) is 27.9. The minimum atomic E-state index is -2.82. The van der Waals surface area contributed by atoms with Gasteiger partial charge in [-0.15, -0.1) is 24.0 Å². The lowest BCUT2D eigenvalue weighted by Crippen LogP contribution is -2.51. The first-order valence-corrected chi connectivity index (χ1v) is 12.1. The van der Waals surface area contributed by atoms with Crippen LogP contribution in [0.15, 0.2) is 4.99 Å². The Kier molecular flexibility index (Phi) is 9.88. The van der Waals surface area contributed by atoms with E-state index in [1.165, 1.54) is 0 Å². The van der Waals surface area contributed by atoms with Crippen LogP contribution in [-0.2, 0) is 9.84 Å². The molecule has 2 saturated heterocycles. The molecule has 3 unspecified atom stereocenters. The van der Waals surface area contributed by atoms with Crippen molar-refractivity contribution in [1.82, 2.24) is 10.2 Å². The summed E-state index contributed by atoms with van der Waals surface area (Å²) in [6, 6.07) is 0.378. The first kappa shape index (κ1) is 23.3. The van der Waals surface area contributed by atoms with Crippen molar-refractivity contribution in [3.05, 3.63) is 0 Å². The minimum Gasteiger partial charge on any atom is -0.354 e. The second kappa shape index (κ2) is 10.6. The standard InChI is InChI=1S/C17H33N3O2S2.HI/c1-5-14(4)19-17(18-10-15-6-9-24(21,22)12-15)20-7-8-23-16(11-20)13(2)3;/h13-16H,5-12H2,1-4H3,(H,18,19);1H. The van der Waals surface area contributed by atoms with Gasteiger partial charge in [-0.1, -0.05) is 20.8 Å². The summed E-state index contributed by atoms with van der Waals surface area (Å²) in [5, 5.41) is 4.19. The van der Waals surface area contributed by atoms with Gasteiger partial charge in [-0.2, -0.15) is 11.8 Å². The first-order valence-electron chi connectivity index (χ1n) is 9.18. The number of halogens is 1. The summed E-state index contributed by atoms with van der Waals surface area (Å²) in [5.41, 5.74) is 0. The van der Waals surface area contributed by atoms with Crippen LogP contribution in [0, 0.1) is 11.8 Å². The van der Waals surface area contributed by atoms with Gasteiger partial charge in [0.25, 0.3) is 0 Å². The maximum Gasteiger partial charge on any atom is 0.194 e. The maximum atomic E-state index is 11.7. The SMILES string of the molecule is CCC(C)NC(=NCC1CCS(=O)(=O)C1)N1CCSC(C(C)C)C1.I. The minimum absolute atomic E-state index is 0. The molecule has 2 aliphatic rings. The molecule has 148 valence electrons. The van der Waals surface area contributed by atoms with Crippen molar-refractivity contribution in [3.63, 3.8) is 0 Å². The quantitative estimate of drug-likeness (QED) is 0.355. The van der Waals surface area contributed by atoms with Crippen molar-refractivity contribution >= 4 is 51.5 Å². The molecule has 5 nitrogen and oxygen atoms in total.